The molecule has 0 saturated heterocycles. The maximum absolute atomic E-state index is 4.10. The molecule has 100 valence electrons. The van der Waals surface area contributed by atoms with E-state index >= 15 is 0 Å². The molecule has 2 nitrogen and oxygen atoms in total. The molecule has 0 amide bonds. The molecule has 0 atom stereocenters. The third-order valence-electron chi connectivity index (χ3n) is 3.47. The van der Waals surface area contributed by atoms with Gasteiger partial charge in [0.2, 0.25) is 0 Å². The van der Waals surface area contributed by atoms with Crippen molar-refractivity contribution in [2.75, 3.05) is 4.90 Å². The molecule has 2 aromatic carbocycles. The molecule has 0 unspecified atom stereocenters. The summed E-state index contributed by atoms with van der Waals surface area (Å²) in [6.45, 7) is 4.41. The lowest BCUT2D eigenvalue weighted by molar-refractivity contribution is 0.788. The maximum atomic E-state index is 4.10. The Morgan fingerprint density at radius 3 is 2.20 bits per heavy atom. The molecule has 3 aromatic rings. The molecule has 0 aliphatic rings. The summed E-state index contributed by atoms with van der Waals surface area (Å²) in [5, 5.41) is 2.54. The molecule has 0 fully saturated rings. The van der Waals surface area contributed by atoms with Gasteiger partial charge < -0.3 is 4.90 Å². The number of benzene rings is 2. The summed E-state index contributed by atoms with van der Waals surface area (Å²) in [5.74, 6) is 0. The van der Waals surface area contributed by atoms with E-state index in [0.717, 1.165) is 0 Å². The highest BCUT2D eigenvalue weighted by Gasteiger charge is 2.13. The van der Waals surface area contributed by atoms with E-state index in [1.165, 1.54) is 22.1 Å². The third kappa shape index (κ3) is 2.37. The van der Waals surface area contributed by atoms with Gasteiger partial charge in [-0.3, -0.25) is 4.98 Å². The SMILES string of the molecule is CC(C)N(c1ccncc1)c1ccc2ccccc2c1. The van der Waals surface area contributed by atoms with Gasteiger partial charge in [-0.15, -0.1) is 0 Å². The van der Waals surface area contributed by atoms with Crippen LogP contribution in [0.5, 0.6) is 0 Å². The molecule has 20 heavy (non-hydrogen) atoms. The Balaban J connectivity index is 2.10. The standard InChI is InChI=1S/C18H18N2/c1-14(2)20(17-9-11-19-12-10-17)18-8-7-15-5-3-4-6-16(15)13-18/h3-14H,1-2H3. The minimum Gasteiger partial charge on any atom is -0.339 e. The molecule has 3 rings (SSSR count). The zero-order valence-corrected chi connectivity index (χ0v) is 11.8. The summed E-state index contributed by atoms with van der Waals surface area (Å²) in [7, 11) is 0. The van der Waals surface area contributed by atoms with Crippen molar-refractivity contribution in [3.63, 3.8) is 0 Å². The van der Waals surface area contributed by atoms with Crippen LogP contribution in [0.15, 0.2) is 67.0 Å². The summed E-state index contributed by atoms with van der Waals surface area (Å²) in [6.07, 6.45) is 3.68. The smallest absolute Gasteiger partial charge is 0.0444 e. The van der Waals surface area contributed by atoms with E-state index in [0.29, 0.717) is 6.04 Å². The number of hydrogen-bond donors (Lipinski definition) is 0. The van der Waals surface area contributed by atoms with Gasteiger partial charge >= 0.3 is 0 Å². The predicted octanol–water partition coefficient (Wildman–Crippen LogP) is 4.78. The molecule has 0 bridgehead atoms. The quantitative estimate of drug-likeness (QED) is 0.675. The highest BCUT2D eigenvalue weighted by molar-refractivity contribution is 5.87. The molecule has 1 aromatic heterocycles. The first-order valence-corrected chi connectivity index (χ1v) is 6.94. The lowest BCUT2D eigenvalue weighted by atomic mass is 10.1. The highest BCUT2D eigenvalue weighted by Crippen LogP contribution is 2.30. The number of anilines is 2. The van der Waals surface area contributed by atoms with Crippen LogP contribution in [-0.4, -0.2) is 11.0 Å². The van der Waals surface area contributed by atoms with Crippen molar-refractivity contribution >= 4 is 22.1 Å². The zero-order valence-electron chi connectivity index (χ0n) is 11.8. The first-order valence-electron chi connectivity index (χ1n) is 6.94. The third-order valence-corrected chi connectivity index (χ3v) is 3.47. The number of nitrogens with zero attached hydrogens (tertiary/aromatic N) is 2. The van der Waals surface area contributed by atoms with Crippen molar-refractivity contribution in [2.45, 2.75) is 19.9 Å². The fourth-order valence-corrected chi connectivity index (χ4v) is 2.58. The lowest BCUT2D eigenvalue weighted by Gasteiger charge is -2.29. The molecule has 0 spiro atoms. The Bertz CT molecular complexity index is 705. The van der Waals surface area contributed by atoms with Crippen LogP contribution in [0.3, 0.4) is 0 Å². The summed E-state index contributed by atoms with van der Waals surface area (Å²) < 4.78 is 0. The molecule has 1 heterocycles. The van der Waals surface area contributed by atoms with E-state index in [2.05, 4.69) is 78.3 Å². The molecule has 0 saturated carbocycles. The van der Waals surface area contributed by atoms with E-state index < -0.39 is 0 Å². The Kier molecular flexibility index (Phi) is 3.38. The molecular formula is C18H18N2. The number of hydrogen-bond acceptors (Lipinski definition) is 2. The van der Waals surface area contributed by atoms with Gasteiger partial charge in [0.25, 0.3) is 0 Å². The summed E-state index contributed by atoms with van der Waals surface area (Å²) >= 11 is 0. The molecule has 0 aliphatic heterocycles. The fraction of sp³-hybridized carbons (Fsp3) is 0.167. The van der Waals surface area contributed by atoms with Crippen LogP contribution in [0.25, 0.3) is 10.8 Å². The Morgan fingerprint density at radius 1 is 0.800 bits per heavy atom. The van der Waals surface area contributed by atoms with Crippen LogP contribution in [0.4, 0.5) is 11.4 Å². The monoisotopic (exact) mass is 262 g/mol. The van der Waals surface area contributed by atoms with Crippen LogP contribution in [-0.2, 0) is 0 Å². The van der Waals surface area contributed by atoms with Gasteiger partial charge in [-0.25, -0.2) is 0 Å². The second kappa shape index (κ2) is 5.33. The molecular weight excluding hydrogens is 244 g/mol. The summed E-state index contributed by atoms with van der Waals surface area (Å²) in [6, 6.07) is 19.6. The van der Waals surface area contributed by atoms with E-state index in [4.69, 9.17) is 0 Å². The lowest BCUT2D eigenvalue weighted by Crippen LogP contribution is -2.25. The van der Waals surface area contributed by atoms with Gasteiger partial charge in [0.05, 0.1) is 0 Å². The molecule has 2 heteroatoms. The second-order valence-electron chi connectivity index (χ2n) is 5.20. The predicted molar refractivity (Wildman–Crippen MR) is 85.5 cm³/mol. The van der Waals surface area contributed by atoms with Gasteiger partial charge in [0.1, 0.15) is 0 Å². The van der Waals surface area contributed by atoms with E-state index in [1.807, 2.05) is 12.4 Å². The van der Waals surface area contributed by atoms with Gasteiger partial charge in [-0.05, 0) is 48.9 Å². The molecule has 0 aliphatic carbocycles. The normalized spacial score (nSPS) is 10.9. The van der Waals surface area contributed by atoms with E-state index in [1.54, 1.807) is 0 Å². The van der Waals surface area contributed by atoms with Crippen molar-refractivity contribution < 1.29 is 0 Å². The Morgan fingerprint density at radius 2 is 1.50 bits per heavy atom. The highest BCUT2D eigenvalue weighted by atomic mass is 15.2. The number of pyridine rings is 1. The van der Waals surface area contributed by atoms with Crippen molar-refractivity contribution in [1.29, 1.82) is 0 Å². The number of rotatable bonds is 3. The zero-order chi connectivity index (χ0) is 13.9. The number of fused-ring (bicyclic) bond motifs is 1. The number of aromatic nitrogens is 1. The van der Waals surface area contributed by atoms with E-state index in [9.17, 15) is 0 Å². The van der Waals surface area contributed by atoms with Gasteiger partial charge in [-0.2, -0.15) is 0 Å². The molecule has 0 N–H and O–H groups in total. The fourth-order valence-electron chi connectivity index (χ4n) is 2.58. The first kappa shape index (κ1) is 12.7. The van der Waals surface area contributed by atoms with Crippen molar-refractivity contribution in [3.8, 4) is 0 Å². The van der Waals surface area contributed by atoms with E-state index in [-0.39, 0.29) is 0 Å². The molecule has 0 radical (unpaired) electrons. The summed E-state index contributed by atoms with van der Waals surface area (Å²) in [4.78, 5) is 6.43. The van der Waals surface area contributed by atoms with Gasteiger partial charge in [0, 0.05) is 29.8 Å². The summed E-state index contributed by atoms with van der Waals surface area (Å²) in [5.41, 5.74) is 2.38. The average Bonchev–Trinajstić information content (AvgIpc) is 2.48. The van der Waals surface area contributed by atoms with Crippen molar-refractivity contribution in [1.82, 2.24) is 4.98 Å². The first-order chi connectivity index (χ1) is 9.75. The average molecular weight is 262 g/mol. The minimum atomic E-state index is 0.388. The van der Waals surface area contributed by atoms with Crippen molar-refractivity contribution in [2.24, 2.45) is 0 Å². The van der Waals surface area contributed by atoms with Gasteiger partial charge in [-0.1, -0.05) is 30.3 Å². The Hall–Kier alpha value is -2.35. The van der Waals surface area contributed by atoms with Crippen LogP contribution >= 0.6 is 0 Å². The van der Waals surface area contributed by atoms with Crippen LogP contribution in [0.2, 0.25) is 0 Å². The van der Waals surface area contributed by atoms with Crippen molar-refractivity contribution in [3.05, 3.63) is 67.0 Å². The topological polar surface area (TPSA) is 16.1 Å². The Labute approximate surface area is 119 Å². The van der Waals surface area contributed by atoms with Crippen LogP contribution in [0, 0.1) is 0 Å². The van der Waals surface area contributed by atoms with Crippen LogP contribution < -0.4 is 4.90 Å². The second-order valence-corrected chi connectivity index (χ2v) is 5.20. The maximum Gasteiger partial charge on any atom is 0.0444 e. The minimum absolute atomic E-state index is 0.388. The largest absolute Gasteiger partial charge is 0.339 e. The van der Waals surface area contributed by atoms with Gasteiger partial charge in [0.15, 0.2) is 0 Å². The van der Waals surface area contributed by atoms with Crippen LogP contribution in [0.1, 0.15) is 13.8 Å².